The van der Waals surface area contributed by atoms with Crippen LogP contribution in [-0.2, 0) is 0 Å². The van der Waals surface area contributed by atoms with Crippen molar-refractivity contribution in [2.75, 3.05) is 4.90 Å². The second-order valence-corrected chi connectivity index (χ2v) is 14.4. The van der Waals surface area contributed by atoms with Crippen LogP contribution in [0.4, 0.5) is 17.1 Å². The molecule has 0 spiro atoms. The number of oxazole rings is 1. The minimum absolute atomic E-state index is 0.565. The molecule has 0 bridgehead atoms. The molecule has 0 radical (unpaired) electrons. The first-order valence-corrected chi connectivity index (χ1v) is 19.2. The van der Waals surface area contributed by atoms with Crippen LogP contribution in [0.1, 0.15) is 0 Å². The maximum absolute atomic E-state index is 7.06. The first-order valence-electron chi connectivity index (χ1n) is 19.2. The van der Waals surface area contributed by atoms with Crippen molar-refractivity contribution in [3.05, 3.63) is 206 Å². The van der Waals surface area contributed by atoms with Crippen molar-refractivity contribution in [2.45, 2.75) is 0 Å². The number of nitrogens with zero attached hydrogens (tertiary/aromatic N) is 2. The van der Waals surface area contributed by atoms with E-state index in [1.54, 1.807) is 0 Å². The standard InChI is InChI=1S/C53H34N2O2/c1-4-14-35(15-5-1)38-24-27-43(28-25-38)55(44-31-41(36-16-6-2-7-17-36)30-42(32-44)37-18-8-3-9-19-37)51-45-21-11-10-20-39(45)33-47-46-29-26-40(34-50(46)56-52(47)51)53-54-48-22-12-13-23-49(48)57-53/h1-34H. The van der Waals surface area contributed by atoms with Crippen LogP contribution in [0.5, 0.6) is 0 Å². The Labute approximate surface area is 329 Å². The van der Waals surface area contributed by atoms with Crippen molar-refractivity contribution >= 4 is 60.9 Å². The highest BCUT2D eigenvalue weighted by molar-refractivity contribution is 6.19. The zero-order valence-electron chi connectivity index (χ0n) is 30.8. The van der Waals surface area contributed by atoms with E-state index >= 15 is 0 Å². The van der Waals surface area contributed by atoms with Crippen LogP contribution in [0, 0.1) is 0 Å². The van der Waals surface area contributed by atoms with Crippen molar-refractivity contribution in [3.8, 4) is 44.8 Å². The van der Waals surface area contributed by atoms with E-state index < -0.39 is 0 Å². The number of rotatable bonds is 7. The first kappa shape index (κ1) is 32.7. The molecule has 9 aromatic carbocycles. The van der Waals surface area contributed by atoms with Gasteiger partial charge in [-0.3, -0.25) is 0 Å². The molecule has 11 rings (SSSR count). The summed E-state index contributed by atoms with van der Waals surface area (Å²) in [7, 11) is 0. The molecule has 268 valence electrons. The van der Waals surface area contributed by atoms with E-state index in [-0.39, 0.29) is 0 Å². The Kier molecular flexibility index (Phi) is 7.78. The molecular formula is C53H34N2O2. The molecule has 0 unspecified atom stereocenters. The fourth-order valence-corrected chi connectivity index (χ4v) is 8.08. The number of hydrogen-bond donors (Lipinski definition) is 0. The van der Waals surface area contributed by atoms with Crippen molar-refractivity contribution in [1.82, 2.24) is 4.98 Å². The summed E-state index contributed by atoms with van der Waals surface area (Å²) in [5.74, 6) is 0.565. The lowest BCUT2D eigenvalue weighted by Crippen LogP contribution is -2.11. The molecule has 0 N–H and O–H groups in total. The smallest absolute Gasteiger partial charge is 0.227 e. The minimum Gasteiger partial charge on any atom is -0.454 e. The maximum atomic E-state index is 7.06. The second kappa shape index (κ2) is 13.6. The summed E-state index contributed by atoms with van der Waals surface area (Å²) >= 11 is 0. The number of aromatic nitrogens is 1. The van der Waals surface area contributed by atoms with Gasteiger partial charge in [0.15, 0.2) is 11.2 Å². The van der Waals surface area contributed by atoms with Gasteiger partial charge in [0.25, 0.3) is 0 Å². The summed E-state index contributed by atoms with van der Waals surface area (Å²) in [6, 6.07) is 72.5. The van der Waals surface area contributed by atoms with Crippen LogP contribution in [0.25, 0.3) is 88.6 Å². The van der Waals surface area contributed by atoms with E-state index in [2.05, 4.69) is 187 Å². The lowest BCUT2D eigenvalue weighted by Gasteiger charge is -2.28. The van der Waals surface area contributed by atoms with Crippen molar-refractivity contribution in [1.29, 1.82) is 0 Å². The molecule has 11 aromatic rings. The predicted octanol–water partition coefficient (Wildman–Crippen LogP) is 15.0. The third-order valence-electron chi connectivity index (χ3n) is 10.8. The summed E-state index contributed by atoms with van der Waals surface area (Å²) in [5, 5.41) is 4.27. The quantitative estimate of drug-likeness (QED) is 0.164. The molecular weight excluding hydrogens is 697 g/mol. The van der Waals surface area contributed by atoms with Crippen LogP contribution in [-0.4, -0.2) is 4.98 Å². The highest BCUT2D eigenvalue weighted by Gasteiger charge is 2.24. The van der Waals surface area contributed by atoms with Gasteiger partial charge in [-0.1, -0.05) is 140 Å². The van der Waals surface area contributed by atoms with Crippen LogP contribution in [0.2, 0.25) is 0 Å². The van der Waals surface area contributed by atoms with Gasteiger partial charge in [-0.15, -0.1) is 0 Å². The van der Waals surface area contributed by atoms with Gasteiger partial charge in [0.1, 0.15) is 11.1 Å². The average Bonchev–Trinajstić information content (AvgIpc) is 3.89. The molecule has 0 atom stereocenters. The topological polar surface area (TPSA) is 42.4 Å². The van der Waals surface area contributed by atoms with Gasteiger partial charge in [0.2, 0.25) is 5.89 Å². The maximum Gasteiger partial charge on any atom is 0.227 e. The number of para-hydroxylation sites is 2. The van der Waals surface area contributed by atoms with Gasteiger partial charge in [0.05, 0.1) is 5.69 Å². The van der Waals surface area contributed by atoms with Crippen molar-refractivity contribution < 1.29 is 8.83 Å². The zero-order chi connectivity index (χ0) is 37.7. The van der Waals surface area contributed by atoms with E-state index in [0.29, 0.717) is 5.89 Å². The first-order chi connectivity index (χ1) is 28.2. The van der Waals surface area contributed by atoms with Crippen LogP contribution < -0.4 is 4.90 Å². The molecule has 2 heterocycles. The number of fused-ring (bicyclic) bond motifs is 5. The monoisotopic (exact) mass is 730 g/mol. The van der Waals surface area contributed by atoms with E-state index in [0.717, 1.165) is 94.3 Å². The summed E-state index contributed by atoms with van der Waals surface area (Å²) in [6.07, 6.45) is 0. The molecule has 4 nitrogen and oxygen atoms in total. The molecule has 0 fully saturated rings. The summed E-state index contributed by atoms with van der Waals surface area (Å²) in [5.41, 5.74) is 13.9. The predicted molar refractivity (Wildman–Crippen MR) is 235 cm³/mol. The molecule has 0 aliphatic rings. The highest BCUT2D eigenvalue weighted by atomic mass is 16.3. The molecule has 0 aliphatic carbocycles. The zero-order valence-corrected chi connectivity index (χ0v) is 30.8. The Balaban J connectivity index is 1.19. The second-order valence-electron chi connectivity index (χ2n) is 14.4. The highest BCUT2D eigenvalue weighted by Crippen LogP contribution is 2.48. The summed E-state index contributed by atoms with van der Waals surface area (Å²) < 4.78 is 13.3. The Morgan fingerprint density at radius 1 is 0.351 bits per heavy atom. The molecule has 0 aliphatic heterocycles. The molecule has 57 heavy (non-hydrogen) atoms. The van der Waals surface area contributed by atoms with Gasteiger partial charge in [-0.2, -0.15) is 0 Å². The third kappa shape index (κ3) is 5.83. The SMILES string of the molecule is c1ccc(-c2ccc(N(c3cc(-c4ccccc4)cc(-c4ccccc4)c3)c3c4ccccc4cc4c3oc3cc(-c5nc6ccccc6o5)ccc34)cc2)cc1. The Morgan fingerprint density at radius 3 is 1.61 bits per heavy atom. The summed E-state index contributed by atoms with van der Waals surface area (Å²) in [6.45, 7) is 0. The Hall–Kier alpha value is -7.69. The normalized spacial score (nSPS) is 11.5. The van der Waals surface area contributed by atoms with Crippen molar-refractivity contribution in [3.63, 3.8) is 0 Å². The number of anilines is 3. The molecule has 0 saturated carbocycles. The fourth-order valence-electron chi connectivity index (χ4n) is 8.08. The molecule has 0 amide bonds. The van der Waals surface area contributed by atoms with E-state index in [1.807, 2.05) is 24.3 Å². The van der Waals surface area contributed by atoms with Crippen LogP contribution in [0.3, 0.4) is 0 Å². The van der Waals surface area contributed by atoms with Crippen LogP contribution >= 0.6 is 0 Å². The van der Waals surface area contributed by atoms with Gasteiger partial charge in [-0.05, 0) is 105 Å². The van der Waals surface area contributed by atoms with Gasteiger partial charge in [0, 0.05) is 33.1 Å². The summed E-state index contributed by atoms with van der Waals surface area (Å²) in [4.78, 5) is 7.17. The Bertz CT molecular complexity index is 3130. The Morgan fingerprint density at radius 2 is 0.930 bits per heavy atom. The third-order valence-corrected chi connectivity index (χ3v) is 10.8. The fraction of sp³-hybridized carbons (Fsp3) is 0. The largest absolute Gasteiger partial charge is 0.454 e. The van der Waals surface area contributed by atoms with E-state index in [4.69, 9.17) is 13.8 Å². The van der Waals surface area contributed by atoms with Gasteiger partial charge >= 0.3 is 0 Å². The van der Waals surface area contributed by atoms with E-state index in [9.17, 15) is 0 Å². The molecule has 4 heteroatoms. The van der Waals surface area contributed by atoms with E-state index in [1.165, 1.54) is 5.56 Å². The number of hydrogen-bond acceptors (Lipinski definition) is 4. The van der Waals surface area contributed by atoms with Crippen molar-refractivity contribution in [2.24, 2.45) is 0 Å². The van der Waals surface area contributed by atoms with Gasteiger partial charge < -0.3 is 13.7 Å². The lowest BCUT2D eigenvalue weighted by molar-refractivity contribution is 0.619. The molecule has 0 saturated heterocycles. The average molecular weight is 731 g/mol. The van der Waals surface area contributed by atoms with Crippen LogP contribution in [0.15, 0.2) is 215 Å². The van der Waals surface area contributed by atoms with Gasteiger partial charge in [-0.25, -0.2) is 4.98 Å². The minimum atomic E-state index is 0.565. The molecule has 2 aromatic heterocycles. The lowest BCUT2D eigenvalue weighted by atomic mass is 9.96. The number of benzene rings is 9. The number of furan rings is 1.